The van der Waals surface area contributed by atoms with Crippen LogP contribution in [0.25, 0.3) is 0 Å². The first-order valence-electron chi connectivity index (χ1n) is 7.76. The van der Waals surface area contributed by atoms with Gasteiger partial charge in [0.1, 0.15) is 12.4 Å². The summed E-state index contributed by atoms with van der Waals surface area (Å²) in [5.41, 5.74) is 2.76. The number of nitro benzene ring substituents is 1. The SMILES string of the molecule is O=[N+]([O-])c1ccc(N=Cc2ccc(OCc3ccccc3)cc2)cc1. The lowest BCUT2D eigenvalue weighted by Gasteiger charge is -2.06. The highest BCUT2D eigenvalue weighted by molar-refractivity contribution is 5.82. The van der Waals surface area contributed by atoms with E-state index in [1.807, 2.05) is 54.6 Å². The largest absolute Gasteiger partial charge is 0.489 e. The number of nitrogens with zero attached hydrogens (tertiary/aromatic N) is 2. The van der Waals surface area contributed by atoms with Gasteiger partial charge in [-0.3, -0.25) is 15.1 Å². The predicted octanol–water partition coefficient (Wildman–Crippen LogP) is 4.92. The van der Waals surface area contributed by atoms with Gasteiger partial charge in [0.15, 0.2) is 0 Å². The molecule has 0 amide bonds. The van der Waals surface area contributed by atoms with Gasteiger partial charge >= 0.3 is 0 Å². The zero-order valence-electron chi connectivity index (χ0n) is 13.4. The summed E-state index contributed by atoms with van der Waals surface area (Å²) in [4.78, 5) is 14.5. The highest BCUT2D eigenvalue weighted by atomic mass is 16.6. The fourth-order valence-electron chi connectivity index (χ4n) is 2.20. The molecule has 0 fully saturated rings. The number of rotatable bonds is 6. The van der Waals surface area contributed by atoms with Crippen LogP contribution in [0.2, 0.25) is 0 Å². The Morgan fingerprint density at radius 1 is 0.920 bits per heavy atom. The minimum Gasteiger partial charge on any atom is -0.489 e. The van der Waals surface area contributed by atoms with Gasteiger partial charge in [-0.15, -0.1) is 0 Å². The standard InChI is InChI=1S/C20H16N2O3/c23-22(24)19-10-8-18(9-11-19)21-14-16-6-12-20(13-7-16)25-15-17-4-2-1-3-5-17/h1-14H,15H2. The van der Waals surface area contributed by atoms with Crippen LogP contribution in [-0.4, -0.2) is 11.1 Å². The molecule has 5 heteroatoms. The number of benzene rings is 3. The van der Waals surface area contributed by atoms with Crippen LogP contribution < -0.4 is 4.74 Å². The molecule has 0 saturated carbocycles. The van der Waals surface area contributed by atoms with E-state index >= 15 is 0 Å². The van der Waals surface area contributed by atoms with E-state index in [-0.39, 0.29) is 5.69 Å². The average molecular weight is 332 g/mol. The predicted molar refractivity (Wildman–Crippen MR) is 97.6 cm³/mol. The van der Waals surface area contributed by atoms with Crippen LogP contribution in [0.5, 0.6) is 5.75 Å². The highest BCUT2D eigenvalue weighted by Crippen LogP contribution is 2.18. The fourth-order valence-corrected chi connectivity index (χ4v) is 2.20. The number of non-ortho nitro benzene ring substituents is 1. The number of aliphatic imine (C=N–C) groups is 1. The molecular formula is C20H16N2O3. The van der Waals surface area contributed by atoms with E-state index in [0.717, 1.165) is 16.9 Å². The summed E-state index contributed by atoms with van der Waals surface area (Å²) in [7, 11) is 0. The Morgan fingerprint density at radius 2 is 1.60 bits per heavy atom. The first kappa shape index (κ1) is 16.4. The zero-order valence-corrected chi connectivity index (χ0v) is 13.4. The Hall–Kier alpha value is -3.47. The molecule has 0 radical (unpaired) electrons. The fraction of sp³-hybridized carbons (Fsp3) is 0.0500. The summed E-state index contributed by atoms with van der Waals surface area (Å²) in [6.07, 6.45) is 1.71. The Balaban J connectivity index is 1.59. The first-order chi connectivity index (χ1) is 12.2. The van der Waals surface area contributed by atoms with Crippen LogP contribution >= 0.6 is 0 Å². The van der Waals surface area contributed by atoms with Crippen LogP contribution in [-0.2, 0) is 6.61 Å². The summed E-state index contributed by atoms with van der Waals surface area (Å²) in [6.45, 7) is 0.525. The van der Waals surface area contributed by atoms with Gasteiger partial charge in [-0.1, -0.05) is 30.3 Å². The second kappa shape index (κ2) is 7.88. The third kappa shape index (κ3) is 4.75. The molecule has 0 unspecified atom stereocenters. The smallest absolute Gasteiger partial charge is 0.269 e. The quantitative estimate of drug-likeness (QED) is 0.365. The van der Waals surface area contributed by atoms with Gasteiger partial charge in [0.05, 0.1) is 10.6 Å². The molecule has 0 aliphatic carbocycles. The van der Waals surface area contributed by atoms with Gasteiger partial charge in [-0.2, -0.15) is 0 Å². The molecule has 0 aromatic heterocycles. The molecule has 5 nitrogen and oxygen atoms in total. The molecule has 0 N–H and O–H groups in total. The van der Waals surface area contributed by atoms with Gasteiger partial charge in [-0.05, 0) is 47.5 Å². The van der Waals surface area contributed by atoms with Crippen molar-refractivity contribution in [3.63, 3.8) is 0 Å². The lowest BCUT2D eigenvalue weighted by atomic mass is 10.2. The summed E-state index contributed by atoms with van der Waals surface area (Å²) >= 11 is 0. The van der Waals surface area contributed by atoms with Crippen LogP contribution in [0.15, 0.2) is 83.9 Å². The maximum Gasteiger partial charge on any atom is 0.269 e. The molecule has 3 aromatic carbocycles. The van der Waals surface area contributed by atoms with Gasteiger partial charge in [0.2, 0.25) is 0 Å². The minimum absolute atomic E-state index is 0.0545. The molecule has 3 rings (SSSR count). The van der Waals surface area contributed by atoms with E-state index in [2.05, 4.69) is 4.99 Å². The second-order valence-electron chi connectivity index (χ2n) is 5.38. The van der Waals surface area contributed by atoms with Crippen molar-refractivity contribution in [3.8, 4) is 5.75 Å². The number of hydrogen-bond donors (Lipinski definition) is 0. The first-order valence-corrected chi connectivity index (χ1v) is 7.76. The average Bonchev–Trinajstić information content (AvgIpc) is 2.67. The molecule has 3 aromatic rings. The van der Waals surface area contributed by atoms with Crippen molar-refractivity contribution < 1.29 is 9.66 Å². The minimum atomic E-state index is -0.429. The van der Waals surface area contributed by atoms with Crippen molar-refractivity contribution >= 4 is 17.6 Å². The normalized spacial score (nSPS) is 10.7. The molecule has 0 bridgehead atoms. The topological polar surface area (TPSA) is 64.7 Å². The molecule has 0 aliphatic heterocycles. The summed E-state index contributed by atoms with van der Waals surface area (Å²) in [5, 5.41) is 10.6. The monoisotopic (exact) mass is 332 g/mol. The summed E-state index contributed by atoms with van der Waals surface area (Å²) < 4.78 is 5.74. The molecule has 0 atom stereocenters. The van der Waals surface area contributed by atoms with Crippen LogP contribution in [0.3, 0.4) is 0 Å². The molecule has 124 valence electrons. The van der Waals surface area contributed by atoms with Gasteiger partial charge in [-0.25, -0.2) is 0 Å². The van der Waals surface area contributed by atoms with Crippen molar-refractivity contribution in [1.29, 1.82) is 0 Å². The Kier molecular flexibility index (Phi) is 5.16. The molecule has 0 spiro atoms. The van der Waals surface area contributed by atoms with Crippen molar-refractivity contribution in [3.05, 3.63) is 100 Å². The Labute approximate surface area is 145 Å². The summed E-state index contributed by atoms with van der Waals surface area (Å²) in [5.74, 6) is 0.788. The van der Waals surface area contributed by atoms with Crippen LogP contribution in [0, 0.1) is 10.1 Å². The maximum atomic E-state index is 10.6. The number of nitro groups is 1. The lowest BCUT2D eigenvalue weighted by molar-refractivity contribution is -0.384. The van der Waals surface area contributed by atoms with E-state index in [0.29, 0.717) is 12.3 Å². The van der Waals surface area contributed by atoms with Crippen LogP contribution in [0.4, 0.5) is 11.4 Å². The molecule has 0 aliphatic rings. The van der Waals surface area contributed by atoms with Gasteiger partial charge < -0.3 is 4.74 Å². The van der Waals surface area contributed by atoms with E-state index in [4.69, 9.17) is 4.74 Å². The number of ether oxygens (including phenoxy) is 1. The van der Waals surface area contributed by atoms with E-state index in [1.54, 1.807) is 18.3 Å². The Bertz CT molecular complexity index is 858. The second-order valence-corrected chi connectivity index (χ2v) is 5.38. The third-order valence-corrected chi connectivity index (χ3v) is 3.55. The maximum absolute atomic E-state index is 10.6. The van der Waals surface area contributed by atoms with Crippen molar-refractivity contribution in [2.75, 3.05) is 0 Å². The van der Waals surface area contributed by atoms with Crippen molar-refractivity contribution in [2.24, 2.45) is 4.99 Å². The molecular weight excluding hydrogens is 316 g/mol. The third-order valence-electron chi connectivity index (χ3n) is 3.55. The van der Waals surface area contributed by atoms with Crippen molar-refractivity contribution in [2.45, 2.75) is 6.61 Å². The van der Waals surface area contributed by atoms with Crippen molar-refractivity contribution in [1.82, 2.24) is 0 Å². The summed E-state index contributed by atoms with van der Waals surface area (Å²) in [6, 6.07) is 23.7. The molecule has 25 heavy (non-hydrogen) atoms. The number of hydrogen-bond acceptors (Lipinski definition) is 4. The lowest BCUT2D eigenvalue weighted by Crippen LogP contribution is -1.94. The van der Waals surface area contributed by atoms with E-state index < -0.39 is 4.92 Å². The highest BCUT2D eigenvalue weighted by Gasteiger charge is 2.02. The zero-order chi connectivity index (χ0) is 17.5. The molecule has 0 saturated heterocycles. The van der Waals surface area contributed by atoms with E-state index in [1.165, 1.54) is 12.1 Å². The van der Waals surface area contributed by atoms with Crippen LogP contribution in [0.1, 0.15) is 11.1 Å². The van der Waals surface area contributed by atoms with Gasteiger partial charge in [0.25, 0.3) is 5.69 Å². The van der Waals surface area contributed by atoms with E-state index in [9.17, 15) is 10.1 Å². The Morgan fingerprint density at radius 3 is 2.24 bits per heavy atom. The van der Waals surface area contributed by atoms with Gasteiger partial charge in [0, 0.05) is 18.3 Å². The molecule has 0 heterocycles.